The summed E-state index contributed by atoms with van der Waals surface area (Å²) < 4.78 is 0. The number of hydrogen-bond acceptors (Lipinski definition) is 0. The molecule has 0 fully saturated rings. The Bertz CT molecular complexity index is 1440. The fourth-order valence-electron chi connectivity index (χ4n) is 7.36. The zero-order chi connectivity index (χ0) is 37.3. The van der Waals surface area contributed by atoms with Crippen molar-refractivity contribution < 1.29 is 4.79 Å². The normalized spacial score (nSPS) is 11.5. The molecule has 0 aromatic heterocycles. The predicted octanol–water partition coefficient (Wildman–Crippen LogP) is 14.8. The Hall–Kier alpha value is -3.10. The Morgan fingerprint density at radius 1 is 0.569 bits per heavy atom. The fourth-order valence-corrected chi connectivity index (χ4v) is 7.36. The van der Waals surface area contributed by atoms with Gasteiger partial charge in [-0.15, -0.1) is 4.79 Å². The zero-order valence-electron chi connectivity index (χ0n) is 34.5. The van der Waals surface area contributed by atoms with Crippen LogP contribution in [0.25, 0.3) is 11.1 Å². The van der Waals surface area contributed by atoms with Gasteiger partial charge in [0.15, 0.2) is 5.57 Å². The number of nitrogens with zero attached hydrogens (tertiary/aromatic N) is 2. The second-order valence-electron chi connectivity index (χ2n) is 15.1. The van der Waals surface area contributed by atoms with Crippen molar-refractivity contribution in [2.75, 3.05) is 0 Å². The Morgan fingerprint density at radius 2 is 1.04 bits per heavy atom. The van der Waals surface area contributed by atoms with Crippen LogP contribution in [0.1, 0.15) is 208 Å². The van der Waals surface area contributed by atoms with Crippen molar-refractivity contribution >= 4 is 11.4 Å². The highest BCUT2D eigenvalue weighted by Gasteiger charge is 2.21. The molecule has 2 aromatic rings. The zero-order valence-corrected chi connectivity index (χ0v) is 34.5. The van der Waals surface area contributed by atoms with Gasteiger partial charge in [-0.25, -0.2) is 0 Å². The van der Waals surface area contributed by atoms with E-state index in [4.69, 9.17) is 0 Å². The van der Waals surface area contributed by atoms with Gasteiger partial charge < -0.3 is 5.53 Å². The SMILES string of the molecule is CCCCCCC#CC(=C=[N+]=[N-])C(CCCC)=C(c1cc(C)c(C)c(C)c1)c1cc(CCCCCC)c(CCCCCC)c(CCCCCC)c1. The smallest absolute Gasteiger partial charge is 0.317 e. The molecule has 0 amide bonds. The maximum Gasteiger partial charge on any atom is 0.317 e. The lowest BCUT2D eigenvalue weighted by atomic mass is 9.81. The number of benzene rings is 2. The number of allylic oxidation sites excluding steroid dienone is 2. The monoisotopic (exact) mass is 691 g/mol. The second-order valence-corrected chi connectivity index (χ2v) is 15.1. The molecule has 0 radical (unpaired) electrons. The summed E-state index contributed by atoms with van der Waals surface area (Å²) in [4.78, 5) is 3.50. The number of hydrogen-bond donors (Lipinski definition) is 0. The second kappa shape index (κ2) is 26.6. The van der Waals surface area contributed by atoms with Gasteiger partial charge in [-0.3, -0.25) is 0 Å². The highest BCUT2D eigenvalue weighted by molar-refractivity contribution is 5.89. The van der Waals surface area contributed by atoms with Crippen LogP contribution in [0.5, 0.6) is 0 Å². The van der Waals surface area contributed by atoms with E-state index in [1.807, 2.05) is 0 Å². The molecule has 0 unspecified atom stereocenters. The molecule has 2 nitrogen and oxygen atoms in total. The Labute approximate surface area is 315 Å². The van der Waals surface area contributed by atoms with Crippen LogP contribution in [0.15, 0.2) is 35.4 Å². The van der Waals surface area contributed by atoms with Gasteiger partial charge in [0.25, 0.3) is 0 Å². The van der Waals surface area contributed by atoms with Gasteiger partial charge in [0, 0.05) is 6.42 Å². The number of aryl methyl sites for hydroxylation is 4. The largest absolute Gasteiger partial charge is 0.348 e. The summed E-state index contributed by atoms with van der Waals surface area (Å²) in [6.07, 6.45) is 27.4. The van der Waals surface area contributed by atoms with Crippen LogP contribution in [0.4, 0.5) is 0 Å². The van der Waals surface area contributed by atoms with E-state index in [0.717, 1.165) is 50.5 Å². The minimum Gasteiger partial charge on any atom is -0.348 e. The van der Waals surface area contributed by atoms with Crippen LogP contribution in [0.2, 0.25) is 0 Å². The average molecular weight is 691 g/mol. The van der Waals surface area contributed by atoms with Crippen LogP contribution in [0, 0.1) is 32.6 Å². The summed E-state index contributed by atoms with van der Waals surface area (Å²) >= 11 is 0. The van der Waals surface area contributed by atoms with Crippen LogP contribution in [0.3, 0.4) is 0 Å². The summed E-state index contributed by atoms with van der Waals surface area (Å²) in [6.45, 7) is 18.2. The molecular weight excluding hydrogens is 617 g/mol. The molecular formula is C49H74N2. The van der Waals surface area contributed by atoms with Gasteiger partial charge in [-0.05, 0) is 134 Å². The van der Waals surface area contributed by atoms with E-state index in [2.05, 4.69) is 102 Å². The first-order valence-corrected chi connectivity index (χ1v) is 21.3. The summed E-state index contributed by atoms with van der Waals surface area (Å²) in [5.41, 5.74) is 24.4. The predicted molar refractivity (Wildman–Crippen MR) is 225 cm³/mol. The minimum atomic E-state index is 0.741. The van der Waals surface area contributed by atoms with Crippen molar-refractivity contribution in [1.82, 2.24) is 0 Å². The summed E-state index contributed by atoms with van der Waals surface area (Å²) in [6, 6.07) is 9.90. The van der Waals surface area contributed by atoms with Crippen LogP contribution in [-0.4, -0.2) is 10.7 Å². The van der Waals surface area contributed by atoms with Gasteiger partial charge in [0.05, 0.1) is 0 Å². The van der Waals surface area contributed by atoms with E-state index >= 15 is 0 Å². The first-order chi connectivity index (χ1) is 24.9. The highest BCUT2D eigenvalue weighted by atomic mass is 14.8. The molecule has 2 aromatic carbocycles. The maximum absolute atomic E-state index is 9.96. The molecule has 0 atom stereocenters. The van der Waals surface area contributed by atoms with Gasteiger partial charge in [-0.2, -0.15) is 0 Å². The standard InChI is InChI=1S/C49H74N2/c1-9-14-19-23-24-27-31-44(38-51-50)48(32-18-13-5)49(45-34-39(6)41(8)40(7)35-45)46-36-42(29-25-20-15-10-2)47(33-28-22-17-12-4)43(37-46)30-26-21-16-11-3/h34-37H,9-26,28-30,32-33H2,1-8H3. The van der Waals surface area contributed by atoms with Gasteiger partial charge >= 0.3 is 5.87 Å². The summed E-state index contributed by atoms with van der Waals surface area (Å²) in [7, 11) is 0. The Kier molecular flexibility index (Phi) is 23.0. The maximum atomic E-state index is 9.96. The Morgan fingerprint density at radius 3 is 1.53 bits per heavy atom. The van der Waals surface area contributed by atoms with E-state index in [-0.39, 0.29) is 0 Å². The summed E-state index contributed by atoms with van der Waals surface area (Å²) in [5, 5.41) is 0. The molecule has 0 N–H and O–H groups in total. The van der Waals surface area contributed by atoms with E-state index < -0.39 is 0 Å². The van der Waals surface area contributed by atoms with Crippen molar-refractivity contribution in [3.05, 3.63) is 85.5 Å². The third-order valence-electron chi connectivity index (χ3n) is 10.7. The lowest BCUT2D eigenvalue weighted by molar-refractivity contribution is 0.00770. The first kappa shape index (κ1) is 44.1. The minimum absolute atomic E-state index is 0.741. The van der Waals surface area contributed by atoms with Crippen molar-refractivity contribution in [3.8, 4) is 11.8 Å². The summed E-state index contributed by atoms with van der Waals surface area (Å²) in [5.74, 6) is 9.95. The van der Waals surface area contributed by atoms with E-state index in [1.165, 1.54) is 142 Å². The third-order valence-corrected chi connectivity index (χ3v) is 10.7. The molecule has 0 heterocycles. The van der Waals surface area contributed by atoms with Crippen molar-refractivity contribution in [2.45, 2.75) is 203 Å². The molecule has 0 saturated carbocycles. The third kappa shape index (κ3) is 15.6. The van der Waals surface area contributed by atoms with E-state index in [1.54, 1.807) is 16.7 Å². The highest BCUT2D eigenvalue weighted by Crippen LogP contribution is 2.37. The molecule has 2 rings (SSSR count). The lowest BCUT2D eigenvalue weighted by Gasteiger charge is -2.22. The molecule has 2 heteroatoms. The molecule has 0 bridgehead atoms. The van der Waals surface area contributed by atoms with Crippen LogP contribution < -0.4 is 0 Å². The topological polar surface area (TPSA) is 36.4 Å². The Balaban J connectivity index is 3.01. The average Bonchev–Trinajstić information content (AvgIpc) is 3.12. The van der Waals surface area contributed by atoms with Crippen molar-refractivity contribution in [1.29, 1.82) is 0 Å². The molecule has 0 spiro atoms. The molecule has 0 aliphatic carbocycles. The van der Waals surface area contributed by atoms with Crippen molar-refractivity contribution in [3.63, 3.8) is 0 Å². The fraction of sp³-hybridized carbons (Fsp3) is 0.633. The van der Waals surface area contributed by atoms with Crippen molar-refractivity contribution in [2.24, 2.45) is 0 Å². The van der Waals surface area contributed by atoms with Crippen LogP contribution in [-0.2, 0) is 19.3 Å². The van der Waals surface area contributed by atoms with E-state index in [0.29, 0.717) is 0 Å². The molecule has 280 valence electrons. The number of rotatable bonds is 25. The van der Waals surface area contributed by atoms with Gasteiger partial charge in [-0.1, -0.05) is 154 Å². The van der Waals surface area contributed by atoms with Crippen LogP contribution >= 0.6 is 0 Å². The molecule has 0 aliphatic rings. The van der Waals surface area contributed by atoms with Gasteiger partial charge in [0.1, 0.15) is 0 Å². The molecule has 51 heavy (non-hydrogen) atoms. The molecule has 0 saturated heterocycles. The lowest BCUT2D eigenvalue weighted by Crippen LogP contribution is -2.07. The number of unbranched alkanes of at least 4 members (excludes halogenated alkanes) is 14. The van der Waals surface area contributed by atoms with E-state index in [9.17, 15) is 5.53 Å². The molecule has 0 aliphatic heterocycles. The van der Waals surface area contributed by atoms with Gasteiger partial charge in [0.2, 0.25) is 0 Å². The quantitative estimate of drug-likeness (QED) is 0.0248. The first-order valence-electron chi connectivity index (χ1n) is 21.3.